The van der Waals surface area contributed by atoms with Gasteiger partial charge in [-0.2, -0.15) is 0 Å². The van der Waals surface area contributed by atoms with Gasteiger partial charge in [0.2, 0.25) is 0 Å². The van der Waals surface area contributed by atoms with Gasteiger partial charge in [0.05, 0.1) is 17.0 Å². The van der Waals surface area contributed by atoms with Gasteiger partial charge in [0, 0.05) is 18.7 Å². The molecule has 1 aliphatic rings. The Morgan fingerprint density at radius 2 is 1.77 bits per heavy atom. The van der Waals surface area contributed by atoms with Crippen LogP contribution in [0.2, 0.25) is 0 Å². The number of hydrogen-bond acceptors (Lipinski definition) is 4. The summed E-state index contributed by atoms with van der Waals surface area (Å²) in [5, 5.41) is 3.72. The number of benzene rings is 2. The van der Waals surface area contributed by atoms with E-state index in [1.807, 2.05) is 4.90 Å². The first kappa shape index (κ1) is 18.0. The zero-order valence-corrected chi connectivity index (χ0v) is 14.5. The van der Waals surface area contributed by atoms with Crippen LogP contribution in [-0.2, 0) is 4.84 Å². The van der Waals surface area contributed by atoms with Crippen LogP contribution in [-0.4, -0.2) is 24.8 Å². The molecular weight excluding hydrogens is 338 g/mol. The molecule has 26 heavy (non-hydrogen) atoms. The smallest absolute Gasteiger partial charge is 0.368 e. The average molecular weight is 358 g/mol. The molecule has 2 aromatic rings. The molecule has 1 aliphatic heterocycles. The highest BCUT2D eigenvalue weighted by molar-refractivity contribution is 5.99. The summed E-state index contributed by atoms with van der Waals surface area (Å²) in [4.78, 5) is 18.7. The van der Waals surface area contributed by atoms with Gasteiger partial charge in [0.25, 0.3) is 0 Å². The molecule has 0 amide bonds. The largest absolute Gasteiger partial charge is 0.369 e. The number of oxime groups is 1. The van der Waals surface area contributed by atoms with E-state index in [0.717, 1.165) is 25.9 Å². The Bertz CT molecular complexity index is 830. The third-order valence-corrected chi connectivity index (χ3v) is 4.42. The second kappa shape index (κ2) is 8.08. The normalized spacial score (nSPS) is 15.0. The zero-order chi connectivity index (χ0) is 18.5. The van der Waals surface area contributed by atoms with Gasteiger partial charge in [-0.25, -0.2) is 13.6 Å². The van der Waals surface area contributed by atoms with E-state index < -0.39 is 11.8 Å². The Kier molecular flexibility index (Phi) is 5.61. The number of halogens is 2. The van der Waals surface area contributed by atoms with Gasteiger partial charge < -0.3 is 9.74 Å². The fourth-order valence-corrected chi connectivity index (χ4v) is 2.96. The summed E-state index contributed by atoms with van der Waals surface area (Å²) in [6.45, 7) is 3.30. The number of nitrogens with zero attached hydrogens (tertiary/aromatic N) is 2. The Hall–Kier alpha value is -2.76. The van der Waals surface area contributed by atoms with Crippen LogP contribution in [0.25, 0.3) is 0 Å². The van der Waals surface area contributed by atoms with Crippen LogP contribution in [0, 0.1) is 11.6 Å². The summed E-state index contributed by atoms with van der Waals surface area (Å²) in [6, 6.07) is 10.3. The van der Waals surface area contributed by atoms with Gasteiger partial charge in [-0.3, -0.25) is 0 Å². The maximum atomic E-state index is 14.5. The van der Waals surface area contributed by atoms with Crippen LogP contribution in [0.1, 0.15) is 42.1 Å². The van der Waals surface area contributed by atoms with Crippen molar-refractivity contribution in [2.45, 2.75) is 26.2 Å². The number of rotatable bonds is 4. The molecule has 1 heterocycles. The van der Waals surface area contributed by atoms with E-state index in [1.54, 1.807) is 19.1 Å². The fourth-order valence-electron chi connectivity index (χ4n) is 2.96. The lowest BCUT2D eigenvalue weighted by atomic mass is 10.1. The number of carbonyl (C=O) groups excluding carboxylic acids is 1. The molecule has 0 aliphatic carbocycles. The lowest BCUT2D eigenvalue weighted by Crippen LogP contribution is -2.30. The van der Waals surface area contributed by atoms with Crippen LogP contribution in [0.5, 0.6) is 0 Å². The van der Waals surface area contributed by atoms with E-state index in [4.69, 9.17) is 4.84 Å². The molecule has 4 nitrogen and oxygen atoms in total. The molecule has 0 aromatic heterocycles. The van der Waals surface area contributed by atoms with Crippen molar-refractivity contribution in [1.29, 1.82) is 0 Å². The lowest BCUT2D eigenvalue weighted by molar-refractivity contribution is 0.0511. The van der Waals surface area contributed by atoms with E-state index in [2.05, 4.69) is 5.16 Å². The SMILES string of the molecule is CC(=NOC(=O)c1ccccc1F)c1ccc(N2CCCCC2)c(F)c1. The van der Waals surface area contributed by atoms with Crippen LogP contribution < -0.4 is 4.90 Å². The minimum atomic E-state index is -0.896. The Morgan fingerprint density at radius 1 is 1.04 bits per heavy atom. The predicted octanol–water partition coefficient (Wildman–Crippen LogP) is 4.54. The number of anilines is 1. The molecule has 1 saturated heterocycles. The highest BCUT2D eigenvalue weighted by Gasteiger charge is 2.16. The number of hydrogen-bond donors (Lipinski definition) is 0. The first-order chi connectivity index (χ1) is 12.6. The summed E-state index contributed by atoms with van der Waals surface area (Å²) in [5.41, 5.74) is 1.21. The van der Waals surface area contributed by atoms with Crippen molar-refractivity contribution in [3.63, 3.8) is 0 Å². The number of piperidine rings is 1. The van der Waals surface area contributed by atoms with E-state index in [0.29, 0.717) is 17.0 Å². The minimum Gasteiger partial charge on any atom is -0.369 e. The van der Waals surface area contributed by atoms with Gasteiger partial charge in [-0.15, -0.1) is 0 Å². The van der Waals surface area contributed by atoms with Crippen molar-refractivity contribution >= 4 is 17.4 Å². The lowest BCUT2D eigenvalue weighted by Gasteiger charge is -2.29. The molecule has 1 fully saturated rings. The summed E-state index contributed by atoms with van der Waals surface area (Å²) >= 11 is 0. The van der Waals surface area contributed by atoms with Gasteiger partial charge in [0.1, 0.15) is 11.6 Å². The molecule has 0 atom stereocenters. The molecular formula is C20H20F2N2O2. The molecule has 0 radical (unpaired) electrons. The van der Waals surface area contributed by atoms with E-state index in [9.17, 15) is 13.6 Å². The monoisotopic (exact) mass is 358 g/mol. The second-order valence-electron chi connectivity index (χ2n) is 6.25. The van der Waals surface area contributed by atoms with Crippen molar-refractivity contribution in [3.8, 4) is 0 Å². The fraction of sp³-hybridized carbons (Fsp3) is 0.300. The van der Waals surface area contributed by atoms with Gasteiger partial charge in [0.15, 0.2) is 0 Å². The van der Waals surface area contributed by atoms with Crippen molar-refractivity contribution < 1.29 is 18.4 Å². The van der Waals surface area contributed by atoms with Gasteiger partial charge in [-0.1, -0.05) is 23.4 Å². The van der Waals surface area contributed by atoms with Gasteiger partial charge in [-0.05, 0) is 50.5 Å². The summed E-state index contributed by atoms with van der Waals surface area (Å²) in [6.07, 6.45) is 3.30. The maximum Gasteiger partial charge on any atom is 0.368 e. The molecule has 3 rings (SSSR count). The Balaban J connectivity index is 1.72. The molecule has 0 unspecified atom stereocenters. The maximum absolute atomic E-state index is 14.5. The number of carbonyl (C=O) groups is 1. The van der Waals surface area contributed by atoms with Crippen LogP contribution >= 0.6 is 0 Å². The molecule has 0 saturated carbocycles. The third-order valence-electron chi connectivity index (χ3n) is 4.42. The highest BCUT2D eigenvalue weighted by Crippen LogP contribution is 2.24. The zero-order valence-electron chi connectivity index (χ0n) is 14.5. The van der Waals surface area contributed by atoms with Crippen LogP contribution in [0.4, 0.5) is 14.5 Å². The Morgan fingerprint density at radius 3 is 2.46 bits per heavy atom. The second-order valence-corrected chi connectivity index (χ2v) is 6.25. The van der Waals surface area contributed by atoms with E-state index >= 15 is 0 Å². The molecule has 2 aromatic carbocycles. The summed E-state index contributed by atoms with van der Waals surface area (Å²) in [7, 11) is 0. The predicted molar refractivity (Wildman–Crippen MR) is 96.5 cm³/mol. The summed E-state index contributed by atoms with van der Waals surface area (Å²) in [5.74, 6) is -1.91. The highest BCUT2D eigenvalue weighted by atomic mass is 19.1. The molecule has 136 valence electrons. The van der Waals surface area contributed by atoms with Crippen molar-refractivity contribution in [2.75, 3.05) is 18.0 Å². The van der Waals surface area contributed by atoms with Crippen LogP contribution in [0.15, 0.2) is 47.6 Å². The topological polar surface area (TPSA) is 41.9 Å². The summed E-state index contributed by atoms with van der Waals surface area (Å²) < 4.78 is 28.0. The molecule has 0 bridgehead atoms. The van der Waals surface area contributed by atoms with Crippen molar-refractivity contribution in [3.05, 3.63) is 65.2 Å². The van der Waals surface area contributed by atoms with Crippen LogP contribution in [0.3, 0.4) is 0 Å². The quantitative estimate of drug-likeness (QED) is 0.458. The standard InChI is InChI=1S/C20H20F2N2O2/c1-14(23-26-20(25)16-7-3-4-8-17(16)21)15-9-10-19(18(22)13-15)24-11-5-2-6-12-24/h3-4,7-10,13H,2,5-6,11-12H2,1H3. The third kappa shape index (κ3) is 4.07. The molecule has 0 spiro atoms. The van der Waals surface area contributed by atoms with Crippen molar-refractivity contribution in [2.24, 2.45) is 5.16 Å². The molecule has 0 N–H and O–H groups in total. The van der Waals surface area contributed by atoms with E-state index in [1.165, 1.54) is 36.8 Å². The van der Waals surface area contributed by atoms with Gasteiger partial charge >= 0.3 is 5.97 Å². The van der Waals surface area contributed by atoms with Crippen molar-refractivity contribution in [1.82, 2.24) is 0 Å². The first-order valence-electron chi connectivity index (χ1n) is 8.61. The van der Waals surface area contributed by atoms with E-state index in [-0.39, 0.29) is 11.4 Å². The average Bonchev–Trinajstić information content (AvgIpc) is 2.66. The molecule has 6 heteroatoms. The Labute approximate surface area is 151 Å². The minimum absolute atomic E-state index is 0.198. The first-order valence-corrected chi connectivity index (χ1v) is 8.61.